The molecule has 3 N–H and O–H groups in total. The Balaban J connectivity index is 0.000000250. The van der Waals surface area contributed by atoms with E-state index in [-0.39, 0.29) is 6.54 Å². The van der Waals surface area contributed by atoms with Crippen molar-refractivity contribution >= 4 is 84.8 Å². The van der Waals surface area contributed by atoms with Gasteiger partial charge in [0, 0.05) is 16.9 Å². The predicted octanol–water partition coefficient (Wildman–Crippen LogP) is 5.95. The predicted molar refractivity (Wildman–Crippen MR) is 142 cm³/mol. The van der Waals surface area contributed by atoms with E-state index < -0.39 is 18.1 Å². The van der Waals surface area contributed by atoms with Gasteiger partial charge in [-0.1, -0.05) is 64.6 Å². The number of carboxylic acids is 1. The molecule has 1 unspecified atom stereocenters. The minimum Gasteiger partial charge on any atom is -0.480 e. The van der Waals surface area contributed by atoms with E-state index in [2.05, 4.69) is 20.5 Å². The number of nitrogens with zero attached hydrogens (tertiary/aromatic N) is 3. The second-order valence-electron chi connectivity index (χ2n) is 6.52. The smallest absolute Gasteiger partial charge is 0.317 e. The van der Waals surface area contributed by atoms with Crippen LogP contribution in [0.4, 0.5) is 5.69 Å². The minimum atomic E-state index is -1.59. The third kappa shape index (κ3) is 10.1. The molecule has 0 saturated heterocycles. The summed E-state index contributed by atoms with van der Waals surface area (Å²) < 4.78 is 5.34. The highest BCUT2D eigenvalue weighted by Gasteiger charge is 2.30. The molecule has 1 amide bonds. The van der Waals surface area contributed by atoms with Crippen LogP contribution in [-0.4, -0.2) is 45.5 Å². The average molecular weight is 599 g/mol. The molecule has 3 aromatic rings. The number of carbonyl (C=O) groups excluding carboxylic acids is 1. The van der Waals surface area contributed by atoms with Crippen molar-refractivity contribution in [3.8, 4) is 5.69 Å². The minimum absolute atomic E-state index is 0.147. The molecular formula is C20H20Cl4N5O4PS. The highest BCUT2D eigenvalue weighted by molar-refractivity contribution is 7.98. The number of benzene rings is 2. The zero-order chi connectivity index (χ0) is 26.0. The van der Waals surface area contributed by atoms with E-state index in [0.29, 0.717) is 28.8 Å². The Labute approximate surface area is 227 Å². The zero-order valence-corrected chi connectivity index (χ0v) is 23.0. The van der Waals surface area contributed by atoms with E-state index in [9.17, 15) is 9.59 Å². The number of aryl methyl sites for hydroxylation is 1. The van der Waals surface area contributed by atoms with Gasteiger partial charge in [-0.2, -0.15) is 5.10 Å². The van der Waals surface area contributed by atoms with Gasteiger partial charge in [-0.15, -0.1) is 0 Å². The van der Waals surface area contributed by atoms with Crippen molar-refractivity contribution in [1.29, 1.82) is 0 Å². The maximum absolute atomic E-state index is 10.4. The van der Waals surface area contributed by atoms with Crippen LogP contribution in [0.2, 0.25) is 5.02 Å². The number of rotatable bonds is 9. The van der Waals surface area contributed by atoms with E-state index in [1.54, 1.807) is 31.8 Å². The summed E-state index contributed by atoms with van der Waals surface area (Å²) in [5.41, 5.74) is 1.33. The topological polar surface area (TPSA) is 118 Å². The molecule has 35 heavy (non-hydrogen) atoms. The normalized spacial score (nSPS) is 11.8. The van der Waals surface area contributed by atoms with Gasteiger partial charge < -0.3 is 10.4 Å². The molecule has 0 aliphatic rings. The molecule has 1 aromatic heterocycles. The van der Waals surface area contributed by atoms with Crippen molar-refractivity contribution in [2.75, 3.05) is 18.5 Å². The Morgan fingerprint density at radius 1 is 1.26 bits per heavy atom. The van der Waals surface area contributed by atoms with E-state index in [0.717, 1.165) is 22.6 Å². The van der Waals surface area contributed by atoms with Crippen molar-refractivity contribution in [3.63, 3.8) is 0 Å². The van der Waals surface area contributed by atoms with Gasteiger partial charge in [0.2, 0.25) is 10.2 Å². The summed E-state index contributed by atoms with van der Waals surface area (Å²) in [4.78, 5) is 25.5. The average Bonchev–Trinajstić information content (AvgIpc) is 3.21. The summed E-state index contributed by atoms with van der Waals surface area (Å²) in [6, 6.07) is 14.5. The lowest BCUT2D eigenvalue weighted by molar-refractivity contribution is -0.135. The summed E-state index contributed by atoms with van der Waals surface area (Å²) >= 11 is 24.5. The molecule has 0 saturated carbocycles. The Morgan fingerprint density at radius 2 is 1.94 bits per heavy atom. The first-order chi connectivity index (χ1) is 16.5. The molecule has 0 bridgehead atoms. The monoisotopic (exact) mass is 597 g/mol. The van der Waals surface area contributed by atoms with Gasteiger partial charge in [-0.05, 0) is 43.9 Å². The number of amides is 1. The molecule has 0 aliphatic carbocycles. The van der Waals surface area contributed by atoms with Gasteiger partial charge >= 0.3 is 5.97 Å². The first-order valence-corrected chi connectivity index (χ1v) is 13.6. The number of aromatic nitrogens is 3. The molecular weight excluding hydrogens is 579 g/mol. The third-order valence-corrected chi connectivity index (χ3v) is 6.88. The molecule has 1 atom stereocenters. The maximum Gasteiger partial charge on any atom is 0.317 e. The van der Waals surface area contributed by atoms with Crippen LogP contribution in [0.5, 0.6) is 0 Å². The Bertz CT molecular complexity index is 1130. The maximum atomic E-state index is 10.4. The number of alkyl halides is 3. The number of hydrogen-bond acceptors (Lipinski definition) is 7. The lowest BCUT2D eigenvalue weighted by Crippen LogP contribution is -2.17. The highest BCUT2D eigenvalue weighted by Crippen LogP contribution is 2.39. The molecule has 0 spiro atoms. The Morgan fingerprint density at radius 3 is 2.51 bits per heavy atom. The summed E-state index contributed by atoms with van der Waals surface area (Å²) in [7, 11) is -1.04. The third-order valence-electron chi connectivity index (χ3n) is 3.82. The van der Waals surface area contributed by atoms with Crippen molar-refractivity contribution in [3.05, 3.63) is 65.2 Å². The fourth-order valence-electron chi connectivity index (χ4n) is 2.38. The number of carbonyl (C=O) groups is 2. The van der Waals surface area contributed by atoms with E-state index >= 15 is 0 Å². The van der Waals surface area contributed by atoms with Gasteiger partial charge in [-0.3, -0.25) is 18.6 Å². The Hall–Kier alpha value is -1.62. The lowest BCUT2D eigenvalue weighted by atomic mass is 10.3. The van der Waals surface area contributed by atoms with E-state index in [1.807, 2.05) is 30.3 Å². The molecule has 3 rings (SSSR count). The second-order valence-corrected chi connectivity index (χ2v) is 11.7. The number of halogens is 4. The van der Waals surface area contributed by atoms with Gasteiger partial charge in [0.05, 0.1) is 22.9 Å². The van der Waals surface area contributed by atoms with Gasteiger partial charge in [-0.25, -0.2) is 9.67 Å². The second kappa shape index (κ2) is 14.2. The molecule has 1 heterocycles. The fraction of sp³-hybridized carbons (Fsp3) is 0.200. The molecule has 188 valence electrons. The summed E-state index contributed by atoms with van der Waals surface area (Å²) in [6.07, 6.45) is 0.547. The van der Waals surface area contributed by atoms with E-state index in [4.69, 9.17) is 55.5 Å². The molecule has 15 heteroatoms. The van der Waals surface area contributed by atoms with E-state index in [1.165, 1.54) is 4.68 Å². The van der Waals surface area contributed by atoms with Gasteiger partial charge in [0.1, 0.15) is 14.1 Å². The SMILES string of the molecule is CP(NCC(=O)O)OSc1ccc(NC=O)c(Cl)c1.Cc1nc(C(Cl)(Cl)Cl)n(-c2ccccc2)n1. The number of nitrogens with one attached hydrogen (secondary N) is 2. The van der Waals surface area contributed by atoms with Crippen LogP contribution in [-0.2, 0) is 17.4 Å². The van der Waals surface area contributed by atoms with Crippen LogP contribution in [0, 0.1) is 6.92 Å². The van der Waals surface area contributed by atoms with Crippen LogP contribution < -0.4 is 10.4 Å². The van der Waals surface area contributed by atoms with Crippen LogP contribution in [0.3, 0.4) is 0 Å². The summed E-state index contributed by atoms with van der Waals surface area (Å²) in [5.74, 6) is -0.0818. The molecule has 2 aromatic carbocycles. The van der Waals surface area contributed by atoms with Crippen LogP contribution in [0.1, 0.15) is 11.6 Å². The van der Waals surface area contributed by atoms with Crippen molar-refractivity contribution in [2.24, 2.45) is 0 Å². The van der Waals surface area contributed by atoms with Crippen LogP contribution >= 0.6 is 66.7 Å². The van der Waals surface area contributed by atoms with Crippen LogP contribution in [0.25, 0.3) is 5.69 Å². The number of anilines is 1. The van der Waals surface area contributed by atoms with Crippen molar-refractivity contribution in [1.82, 2.24) is 19.9 Å². The molecule has 0 fully saturated rings. The molecule has 0 radical (unpaired) electrons. The van der Waals surface area contributed by atoms with Crippen molar-refractivity contribution in [2.45, 2.75) is 15.6 Å². The first kappa shape index (κ1) is 29.6. The van der Waals surface area contributed by atoms with Crippen molar-refractivity contribution < 1.29 is 18.7 Å². The number of carboxylic acid groups (broad SMARTS) is 1. The number of hydrogen-bond donors (Lipinski definition) is 3. The summed E-state index contributed by atoms with van der Waals surface area (Å²) in [6.45, 7) is 3.36. The number of aliphatic carboxylic acids is 1. The fourth-order valence-corrected chi connectivity index (χ4v) is 4.70. The van der Waals surface area contributed by atoms with Crippen LogP contribution in [0.15, 0.2) is 53.4 Å². The largest absolute Gasteiger partial charge is 0.480 e. The lowest BCUT2D eigenvalue weighted by Gasteiger charge is -2.11. The first-order valence-electron chi connectivity index (χ1n) is 9.61. The zero-order valence-electron chi connectivity index (χ0n) is 18.3. The molecule has 9 nitrogen and oxygen atoms in total. The number of para-hydroxylation sites is 1. The summed E-state index contributed by atoms with van der Waals surface area (Å²) in [5, 5.41) is 18.3. The molecule has 0 aliphatic heterocycles. The Kier molecular flexibility index (Phi) is 12.0. The highest BCUT2D eigenvalue weighted by atomic mass is 35.6. The van der Waals surface area contributed by atoms with Gasteiger partial charge in [0.25, 0.3) is 0 Å². The standard InChI is InChI=1S/C10H8Cl3N3.C10H12ClN2O4PS/c1-7-14-9(10(11,12)13)16(15-7)8-5-3-2-4-6-8;1-18(13-5-10(15)16)17-19-7-2-3-9(12-6-14)8(11)4-7/h2-6H,1H3;2-4,6,13H,5H2,1H3,(H,12,14)(H,15,16). The quantitative estimate of drug-likeness (QED) is 0.120. The van der Waals surface area contributed by atoms with Gasteiger partial charge in [0.15, 0.2) is 5.82 Å².